The lowest BCUT2D eigenvalue weighted by Gasteiger charge is -2.36. The first-order valence-electron chi connectivity index (χ1n) is 8.87. The molecule has 1 saturated heterocycles. The van der Waals surface area contributed by atoms with Crippen LogP contribution in [-0.2, 0) is 0 Å². The van der Waals surface area contributed by atoms with Gasteiger partial charge in [0.1, 0.15) is 18.2 Å². The van der Waals surface area contributed by atoms with Gasteiger partial charge in [0, 0.05) is 38.4 Å². The normalized spacial score (nSPS) is 17.5. The summed E-state index contributed by atoms with van der Waals surface area (Å²) in [6.45, 7) is 3.20. The number of rotatable bonds is 3. The van der Waals surface area contributed by atoms with E-state index in [0.29, 0.717) is 11.6 Å². The highest BCUT2D eigenvalue weighted by Crippen LogP contribution is 2.37. The highest BCUT2D eigenvalue weighted by Gasteiger charge is 2.28. The highest BCUT2D eigenvalue weighted by atomic mass is 15.3. The molecule has 3 aromatic heterocycles. The number of piperazine rings is 1. The number of hydrogen-bond donors (Lipinski definition) is 0. The molecule has 0 radical (unpaired) electrons. The van der Waals surface area contributed by atoms with Gasteiger partial charge in [0.05, 0.1) is 11.9 Å². The quantitative estimate of drug-likeness (QED) is 0.714. The molecule has 0 aromatic carbocycles. The summed E-state index contributed by atoms with van der Waals surface area (Å²) in [6, 6.07) is 6.39. The van der Waals surface area contributed by atoms with Crippen molar-refractivity contribution in [1.29, 1.82) is 5.26 Å². The smallest absolute Gasteiger partial charge is 0.165 e. The number of anilines is 2. The van der Waals surface area contributed by atoms with Crippen molar-refractivity contribution in [1.82, 2.24) is 24.5 Å². The molecule has 8 nitrogen and oxygen atoms in total. The van der Waals surface area contributed by atoms with Gasteiger partial charge in [-0.2, -0.15) is 5.26 Å². The van der Waals surface area contributed by atoms with E-state index < -0.39 is 0 Å². The fourth-order valence-corrected chi connectivity index (χ4v) is 3.56. The van der Waals surface area contributed by atoms with Crippen molar-refractivity contribution in [2.75, 3.05) is 36.0 Å². The first-order valence-corrected chi connectivity index (χ1v) is 8.87. The number of imidazole rings is 1. The van der Waals surface area contributed by atoms with Crippen LogP contribution in [0.15, 0.2) is 31.0 Å². The maximum absolute atomic E-state index is 9.30. The predicted octanol–water partition coefficient (Wildman–Crippen LogP) is 1.75. The van der Waals surface area contributed by atoms with Crippen LogP contribution in [0, 0.1) is 11.3 Å². The SMILES string of the molecule is N#Cc1cccnc1N1CCN(c2ncnc3c2ncn3C2CC2)CC1. The van der Waals surface area contributed by atoms with Crippen molar-refractivity contribution in [3.05, 3.63) is 36.5 Å². The highest BCUT2D eigenvalue weighted by molar-refractivity contribution is 5.83. The summed E-state index contributed by atoms with van der Waals surface area (Å²) in [5, 5.41) is 9.30. The molecule has 2 aliphatic rings. The molecule has 2 fully saturated rings. The van der Waals surface area contributed by atoms with E-state index in [1.807, 2.05) is 12.4 Å². The molecule has 0 bridgehead atoms. The molecule has 8 heteroatoms. The van der Waals surface area contributed by atoms with Gasteiger partial charge >= 0.3 is 0 Å². The molecule has 5 rings (SSSR count). The van der Waals surface area contributed by atoms with Crippen LogP contribution in [0.3, 0.4) is 0 Å². The predicted molar refractivity (Wildman–Crippen MR) is 97.0 cm³/mol. The van der Waals surface area contributed by atoms with Gasteiger partial charge in [-0.25, -0.2) is 19.9 Å². The van der Waals surface area contributed by atoms with Crippen LogP contribution in [0.1, 0.15) is 24.4 Å². The van der Waals surface area contributed by atoms with Gasteiger partial charge in [0.25, 0.3) is 0 Å². The second kappa shape index (κ2) is 5.95. The minimum atomic E-state index is 0.549. The van der Waals surface area contributed by atoms with Crippen LogP contribution in [0.2, 0.25) is 0 Å². The molecule has 1 aliphatic carbocycles. The Balaban J connectivity index is 1.39. The molecule has 0 spiro atoms. The van der Waals surface area contributed by atoms with E-state index in [9.17, 15) is 5.26 Å². The Morgan fingerprint density at radius 2 is 1.73 bits per heavy atom. The first kappa shape index (κ1) is 15.1. The van der Waals surface area contributed by atoms with Gasteiger partial charge in [-0.05, 0) is 25.0 Å². The van der Waals surface area contributed by atoms with Crippen LogP contribution < -0.4 is 9.80 Å². The van der Waals surface area contributed by atoms with E-state index in [1.54, 1.807) is 18.6 Å². The molecule has 26 heavy (non-hydrogen) atoms. The molecule has 0 amide bonds. The van der Waals surface area contributed by atoms with Crippen LogP contribution in [0.5, 0.6) is 0 Å². The topological polar surface area (TPSA) is 86.8 Å². The van der Waals surface area contributed by atoms with Crippen LogP contribution >= 0.6 is 0 Å². The van der Waals surface area contributed by atoms with E-state index in [1.165, 1.54) is 12.8 Å². The van der Waals surface area contributed by atoms with Crippen LogP contribution in [0.4, 0.5) is 11.6 Å². The zero-order valence-corrected chi connectivity index (χ0v) is 14.3. The molecule has 130 valence electrons. The molecule has 0 unspecified atom stereocenters. The van der Waals surface area contributed by atoms with E-state index in [4.69, 9.17) is 0 Å². The van der Waals surface area contributed by atoms with Crippen molar-refractivity contribution in [2.24, 2.45) is 0 Å². The Morgan fingerprint density at radius 1 is 0.962 bits per heavy atom. The summed E-state index contributed by atoms with van der Waals surface area (Å²) in [5.41, 5.74) is 2.42. The van der Waals surface area contributed by atoms with Gasteiger partial charge in [-0.3, -0.25) is 0 Å². The van der Waals surface area contributed by atoms with Crippen molar-refractivity contribution < 1.29 is 0 Å². The maximum Gasteiger partial charge on any atom is 0.165 e. The minimum absolute atomic E-state index is 0.549. The lowest BCUT2D eigenvalue weighted by atomic mass is 10.2. The van der Waals surface area contributed by atoms with Crippen molar-refractivity contribution in [2.45, 2.75) is 18.9 Å². The monoisotopic (exact) mass is 346 g/mol. The van der Waals surface area contributed by atoms with Crippen LogP contribution in [0.25, 0.3) is 11.2 Å². The fraction of sp³-hybridized carbons (Fsp3) is 0.389. The molecule has 0 N–H and O–H groups in total. The summed E-state index contributed by atoms with van der Waals surface area (Å²) >= 11 is 0. The standard InChI is InChI=1S/C18H18N8/c19-10-13-2-1-5-20-16(13)24-6-8-25(9-7-24)17-15-18(22-11-21-17)26(12-23-15)14-3-4-14/h1-2,5,11-12,14H,3-4,6-9H2. The number of nitrogens with zero attached hydrogens (tertiary/aromatic N) is 8. The van der Waals surface area contributed by atoms with Crippen LogP contribution in [-0.4, -0.2) is 50.7 Å². The molecule has 1 saturated carbocycles. The zero-order chi connectivity index (χ0) is 17.5. The average Bonchev–Trinajstić information content (AvgIpc) is 3.46. The van der Waals surface area contributed by atoms with Crippen molar-refractivity contribution in [3.8, 4) is 6.07 Å². The number of fused-ring (bicyclic) bond motifs is 1. The maximum atomic E-state index is 9.30. The third-order valence-corrected chi connectivity index (χ3v) is 5.07. The van der Waals surface area contributed by atoms with E-state index in [-0.39, 0.29) is 0 Å². The third kappa shape index (κ3) is 2.44. The number of aromatic nitrogens is 5. The van der Waals surface area contributed by atoms with Gasteiger partial charge in [-0.15, -0.1) is 0 Å². The third-order valence-electron chi connectivity index (χ3n) is 5.07. The summed E-state index contributed by atoms with van der Waals surface area (Å²) < 4.78 is 2.17. The lowest BCUT2D eigenvalue weighted by Crippen LogP contribution is -2.47. The summed E-state index contributed by atoms with van der Waals surface area (Å²) in [7, 11) is 0. The first-order chi connectivity index (χ1) is 12.8. The van der Waals surface area contributed by atoms with E-state index in [2.05, 4.69) is 40.4 Å². The minimum Gasteiger partial charge on any atom is -0.352 e. The van der Waals surface area contributed by atoms with Crippen molar-refractivity contribution >= 4 is 22.8 Å². The second-order valence-corrected chi connectivity index (χ2v) is 6.71. The van der Waals surface area contributed by atoms with E-state index >= 15 is 0 Å². The zero-order valence-electron chi connectivity index (χ0n) is 14.3. The number of hydrogen-bond acceptors (Lipinski definition) is 7. The van der Waals surface area contributed by atoms with E-state index in [0.717, 1.165) is 49.0 Å². The Labute approximate surface area is 150 Å². The Kier molecular flexibility index (Phi) is 3.45. The molecule has 4 heterocycles. The average molecular weight is 346 g/mol. The summed E-state index contributed by atoms with van der Waals surface area (Å²) in [4.78, 5) is 22.4. The van der Waals surface area contributed by atoms with Gasteiger partial charge < -0.3 is 14.4 Å². The Morgan fingerprint density at radius 3 is 2.46 bits per heavy atom. The molecule has 1 aliphatic heterocycles. The molecular weight excluding hydrogens is 328 g/mol. The largest absolute Gasteiger partial charge is 0.352 e. The van der Waals surface area contributed by atoms with Gasteiger partial charge in [0.15, 0.2) is 17.0 Å². The Bertz CT molecular complexity index is 992. The lowest BCUT2D eigenvalue weighted by molar-refractivity contribution is 0.642. The van der Waals surface area contributed by atoms with Gasteiger partial charge in [0.2, 0.25) is 0 Å². The number of nitriles is 1. The number of pyridine rings is 1. The summed E-state index contributed by atoms with van der Waals surface area (Å²) in [5.74, 6) is 1.66. The molecule has 3 aromatic rings. The summed E-state index contributed by atoms with van der Waals surface area (Å²) in [6.07, 6.45) is 7.67. The van der Waals surface area contributed by atoms with Crippen molar-refractivity contribution in [3.63, 3.8) is 0 Å². The molecular formula is C18H18N8. The Hall–Kier alpha value is -3.21. The molecule has 0 atom stereocenters. The van der Waals surface area contributed by atoms with Gasteiger partial charge in [-0.1, -0.05) is 0 Å². The fourth-order valence-electron chi connectivity index (χ4n) is 3.56. The second-order valence-electron chi connectivity index (χ2n) is 6.71.